The van der Waals surface area contributed by atoms with Gasteiger partial charge in [-0.3, -0.25) is 0 Å². The number of nitrogens with zero attached hydrogens (tertiary/aromatic N) is 4. The van der Waals surface area contributed by atoms with Crippen LogP contribution < -0.4 is 5.32 Å². The Morgan fingerprint density at radius 1 is 1.09 bits per heavy atom. The van der Waals surface area contributed by atoms with Gasteiger partial charge in [-0.05, 0) is 36.2 Å². The molecular weight excluding hydrogens is 314 g/mol. The lowest BCUT2D eigenvalue weighted by Gasteiger charge is -2.07. The van der Waals surface area contributed by atoms with E-state index in [2.05, 4.69) is 20.6 Å². The van der Waals surface area contributed by atoms with E-state index in [1.807, 2.05) is 0 Å². The van der Waals surface area contributed by atoms with Gasteiger partial charge < -0.3 is 5.32 Å². The molecule has 9 heteroatoms. The Bertz CT molecular complexity index is 827. The van der Waals surface area contributed by atoms with E-state index in [4.69, 9.17) is 0 Å². The van der Waals surface area contributed by atoms with Gasteiger partial charge in [0.15, 0.2) is 5.65 Å². The van der Waals surface area contributed by atoms with Crippen LogP contribution in [0.1, 0.15) is 11.4 Å². The zero-order chi connectivity index (χ0) is 16.4. The van der Waals surface area contributed by atoms with Crippen LogP contribution >= 0.6 is 0 Å². The third kappa shape index (κ3) is 3.38. The number of benzene rings is 1. The first-order chi connectivity index (χ1) is 10.9. The Hall–Kier alpha value is -2.71. The van der Waals surface area contributed by atoms with Gasteiger partial charge in [0.05, 0.1) is 0 Å². The lowest BCUT2D eigenvalue weighted by Crippen LogP contribution is -2.14. The largest absolute Gasteiger partial charge is 0.453 e. The molecule has 3 aromatic rings. The van der Waals surface area contributed by atoms with E-state index in [9.17, 15) is 17.6 Å². The van der Waals surface area contributed by atoms with Crippen molar-refractivity contribution in [2.24, 2.45) is 0 Å². The van der Waals surface area contributed by atoms with Crippen LogP contribution in [0, 0.1) is 5.82 Å². The van der Waals surface area contributed by atoms with Gasteiger partial charge in [-0.25, -0.2) is 4.39 Å². The van der Waals surface area contributed by atoms with Gasteiger partial charge in [-0.15, -0.1) is 15.3 Å². The molecule has 3 rings (SSSR count). The topological polar surface area (TPSA) is 55.1 Å². The maximum absolute atomic E-state index is 13.1. The second-order valence-electron chi connectivity index (χ2n) is 4.82. The molecule has 0 bridgehead atoms. The zero-order valence-corrected chi connectivity index (χ0v) is 11.7. The predicted molar refractivity (Wildman–Crippen MR) is 74.4 cm³/mol. The average molecular weight is 325 g/mol. The number of hydrogen-bond donors (Lipinski definition) is 1. The second kappa shape index (κ2) is 5.82. The number of fused-ring (bicyclic) bond motifs is 1. The summed E-state index contributed by atoms with van der Waals surface area (Å²) in [6, 6.07) is 9.01. The monoisotopic (exact) mass is 325 g/mol. The molecule has 0 saturated carbocycles. The highest BCUT2D eigenvalue weighted by Crippen LogP contribution is 2.27. The number of alkyl halides is 3. The quantitative estimate of drug-likeness (QED) is 0.750. The van der Waals surface area contributed by atoms with Gasteiger partial charge >= 0.3 is 6.18 Å². The number of rotatable bonds is 4. The number of anilines is 1. The van der Waals surface area contributed by atoms with Gasteiger partial charge in [-0.2, -0.15) is 17.7 Å². The number of nitrogens with one attached hydrogen (secondary N) is 1. The van der Waals surface area contributed by atoms with Crippen LogP contribution in [0.2, 0.25) is 0 Å². The molecule has 0 unspecified atom stereocenters. The lowest BCUT2D eigenvalue weighted by atomic mass is 10.1. The highest BCUT2D eigenvalue weighted by atomic mass is 19.4. The minimum Gasteiger partial charge on any atom is -0.368 e. The molecule has 0 saturated heterocycles. The predicted octanol–water partition coefficient (Wildman–Crippen LogP) is 2.94. The summed E-state index contributed by atoms with van der Waals surface area (Å²) >= 11 is 0. The molecule has 120 valence electrons. The van der Waals surface area contributed by atoms with Crippen molar-refractivity contribution in [2.45, 2.75) is 12.6 Å². The molecule has 5 nitrogen and oxygen atoms in total. The molecule has 0 spiro atoms. The summed E-state index contributed by atoms with van der Waals surface area (Å²) in [4.78, 5) is 0. The minimum atomic E-state index is -4.63. The summed E-state index contributed by atoms with van der Waals surface area (Å²) in [6.07, 6.45) is -4.13. The fraction of sp³-hybridized carbons (Fsp3) is 0.214. The molecular formula is C14H11F4N5. The smallest absolute Gasteiger partial charge is 0.368 e. The first-order valence-corrected chi connectivity index (χ1v) is 6.71. The van der Waals surface area contributed by atoms with Crippen molar-refractivity contribution < 1.29 is 17.6 Å². The van der Waals surface area contributed by atoms with Gasteiger partial charge in [0, 0.05) is 6.54 Å². The van der Waals surface area contributed by atoms with Crippen molar-refractivity contribution in [1.82, 2.24) is 19.8 Å². The minimum absolute atomic E-state index is 0.00741. The molecule has 0 aliphatic rings. The van der Waals surface area contributed by atoms with E-state index in [1.54, 1.807) is 12.1 Å². The van der Waals surface area contributed by atoms with Crippen molar-refractivity contribution >= 4 is 11.5 Å². The van der Waals surface area contributed by atoms with E-state index in [0.717, 1.165) is 5.56 Å². The normalized spacial score (nSPS) is 11.8. The second-order valence-corrected chi connectivity index (χ2v) is 4.82. The molecule has 0 atom stereocenters. The molecule has 0 radical (unpaired) electrons. The van der Waals surface area contributed by atoms with E-state index in [1.165, 1.54) is 24.3 Å². The van der Waals surface area contributed by atoms with Crippen LogP contribution in [0.4, 0.5) is 23.4 Å². The summed E-state index contributed by atoms with van der Waals surface area (Å²) in [5.41, 5.74) is 0.784. The Labute approximate surface area is 128 Å². The fourth-order valence-electron chi connectivity index (χ4n) is 2.09. The van der Waals surface area contributed by atoms with Gasteiger partial charge in [-0.1, -0.05) is 12.1 Å². The first-order valence-electron chi connectivity index (χ1n) is 6.71. The number of aromatic nitrogens is 4. The highest BCUT2D eigenvalue weighted by molar-refractivity contribution is 5.44. The summed E-state index contributed by atoms with van der Waals surface area (Å²) in [7, 11) is 0. The van der Waals surface area contributed by atoms with Crippen LogP contribution in [-0.4, -0.2) is 26.4 Å². The molecule has 0 fully saturated rings. The van der Waals surface area contributed by atoms with E-state index in [0.29, 0.717) is 17.5 Å². The molecule has 23 heavy (non-hydrogen) atoms. The van der Waals surface area contributed by atoms with E-state index < -0.39 is 12.0 Å². The number of hydrogen-bond acceptors (Lipinski definition) is 4. The van der Waals surface area contributed by atoms with Crippen molar-refractivity contribution in [3.63, 3.8) is 0 Å². The Kier molecular flexibility index (Phi) is 3.85. The van der Waals surface area contributed by atoms with Crippen LogP contribution in [0.3, 0.4) is 0 Å². The van der Waals surface area contributed by atoms with Crippen molar-refractivity contribution in [3.05, 3.63) is 53.6 Å². The average Bonchev–Trinajstić information content (AvgIpc) is 2.90. The maximum atomic E-state index is 13.1. The maximum Gasteiger partial charge on any atom is 0.453 e. The molecule has 0 aliphatic heterocycles. The van der Waals surface area contributed by atoms with Crippen molar-refractivity contribution in [2.75, 3.05) is 11.9 Å². The molecule has 2 aromatic heterocycles. The summed E-state index contributed by atoms with van der Waals surface area (Å²) in [6.45, 7) is 0.394. The first kappa shape index (κ1) is 15.2. The van der Waals surface area contributed by atoms with Crippen LogP contribution in [-0.2, 0) is 12.6 Å². The summed E-state index contributed by atoms with van der Waals surface area (Å²) in [5.74, 6) is -1.26. The number of halogens is 4. The zero-order valence-electron chi connectivity index (χ0n) is 11.7. The SMILES string of the molecule is Fc1cccc(CCNc2ccc3nnc(C(F)(F)F)n3n2)c1. The standard InChI is InChI=1S/C14H11F4N5/c15-10-3-1-2-9(8-10)6-7-19-11-4-5-12-20-21-13(14(16,17)18)23(12)22-11/h1-5,8H,6-7H2,(H,19,22). The fourth-order valence-corrected chi connectivity index (χ4v) is 2.09. The molecule has 0 amide bonds. The Morgan fingerprint density at radius 3 is 2.65 bits per heavy atom. The van der Waals surface area contributed by atoms with E-state index >= 15 is 0 Å². The van der Waals surface area contributed by atoms with Crippen LogP contribution in [0.5, 0.6) is 0 Å². The highest BCUT2D eigenvalue weighted by Gasteiger charge is 2.37. The van der Waals surface area contributed by atoms with Gasteiger partial charge in [0.2, 0.25) is 0 Å². The Balaban J connectivity index is 1.73. The van der Waals surface area contributed by atoms with Crippen molar-refractivity contribution in [1.29, 1.82) is 0 Å². The van der Waals surface area contributed by atoms with Gasteiger partial charge in [0.1, 0.15) is 11.6 Å². The lowest BCUT2D eigenvalue weighted by molar-refractivity contribution is -0.146. The van der Waals surface area contributed by atoms with Crippen molar-refractivity contribution in [3.8, 4) is 0 Å². The molecule has 1 N–H and O–H groups in total. The van der Waals surface area contributed by atoms with Crippen LogP contribution in [0.15, 0.2) is 36.4 Å². The van der Waals surface area contributed by atoms with Gasteiger partial charge in [0.25, 0.3) is 5.82 Å². The molecule has 0 aliphatic carbocycles. The van der Waals surface area contributed by atoms with E-state index in [-0.39, 0.29) is 17.3 Å². The third-order valence-electron chi connectivity index (χ3n) is 3.13. The Morgan fingerprint density at radius 2 is 1.91 bits per heavy atom. The molecule has 2 heterocycles. The summed E-state index contributed by atoms with van der Waals surface area (Å²) < 4.78 is 52.0. The third-order valence-corrected chi connectivity index (χ3v) is 3.13. The van der Waals surface area contributed by atoms with Crippen LogP contribution in [0.25, 0.3) is 5.65 Å². The molecule has 1 aromatic carbocycles. The summed E-state index contributed by atoms with van der Waals surface area (Å²) in [5, 5.41) is 13.3.